The van der Waals surface area contributed by atoms with Crippen molar-refractivity contribution in [3.05, 3.63) is 24.3 Å². The lowest BCUT2D eigenvalue weighted by atomic mass is 10.1. The fraction of sp³-hybridized carbons (Fsp3) is 0.500. The van der Waals surface area contributed by atoms with E-state index in [1.54, 1.807) is 0 Å². The first-order valence-corrected chi connectivity index (χ1v) is 5.84. The van der Waals surface area contributed by atoms with Crippen LogP contribution in [0.1, 0.15) is 6.42 Å². The van der Waals surface area contributed by atoms with Gasteiger partial charge in [0.05, 0.1) is 24.0 Å². The van der Waals surface area contributed by atoms with Crippen molar-refractivity contribution in [2.75, 3.05) is 17.2 Å². The number of aliphatic hydroxyl groups excluding tert-OH is 2. The molecule has 2 bridgehead atoms. The van der Waals surface area contributed by atoms with Crippen LogP contribution in [0.5, 0.6) is 0 Å². The minimum atomic E-state index is -0.843. The van der Waals surface area contributed by atoms with Crippen LogP contribution in [0, 0.1) is 0 Å². The number of anilines is 2. The summed E-state index contributed by atoms with van der Waals surface area (Å²) in [6.07, 6.45) is -0.547. The normalized spacial score (nSPS) is 32.0. The van der Waals surface area contributed by atoms with Gasteiger partial charge in [-0.1, -0.05) is 12.1 Å². The molecule has 2 aliphatic heterocycles. The average Bonchev–Trinajstić information content (AvgIpc) is 2.62. The Morgan fingerprint density at radius 3 is 2.71 bits per heavy atom. The molecule has 5 nitrogen and oxygen atoms in total. The van der Waals surface area contributed by atoms with E-state index in [0.29, 0.717) is 0 Å². The van der Waals surface area contributed by atoms with Gasteiger partial charge in [-0.05, 0) is 12.1 Å². The summed E-state index contributed by atoms with van der Waals surface area (Å²) in [4.78, 5) is 0. The minimum absolute atomic E-state index is 0.0262. The Hall–Kier alpha value is -1.30. The van der Waals surface area contributed by atoms with Crippen molar-refractivity contribution in [3.63, 3.8) is 0 Å². The van der Waals surface area contributed by atoms with Gasteiger partial charge in [-0.25, -0.2) is 0 Å². The van der Waals surface area contributed by atoms with E-state index in [-0.39, 0.29) is 25.0 Å². The molecule has 3 rings (SSSR count). The van der Waals surface area contributed by atoms with Crippen LogP contribution in [0.4, 0.5) is 11.4 Å². The van der Waals surface area contributed by atoms with Gasteiger partial charge in [-0.3, -0.25) is 0 Å². The third-order valence-electron chi connectivity index (χ3n) is 3.34. The Labute approximate surface area is 99.4 Å². The van der Waals surface area contributed by atoms with Gasteiger partial charge in [-0.15, -0.1) is 0 Å². The number of hydrogen-bond donors (Lipinski definition) is 4. The number of aliphatic hydroxyl groups is 2. The van der Waals surface area contributed by atoms with Crippen LogP contribution in [0.2, 0.25) is 0 Å². The zero-order chi connectivity index (χ0) is 11.8. The second-order valence-corrected chi connectivity index (χ2v) is 4.52. The van der Waals surface area contributed by atoms with Crippen LogP contribution in [0.3, 0.4) is 0 Å². The molecule has 1 fully saturated rings. The van der Waals surface area contributed by atoms with Gasteiger partial charge < -0.3 is 25.6 Å². The first-order valence-electron chi connectivity index (χ1n) is 5.84. The fourth-order valence-electron chi connectivity index (χ4n) is 2.51. The molecule has 4 atom stereocenters. The number of ether oxygens (including phenoxy) is 1. The van der Waals surface area contributed by atoms with Crippen molar-refractivity contribution in [1.82, 2.24) is 0 Å². The van der Waals surface area contributed by atoms with Crippen LogP contribution in [-0.2, 0) is 4.74 Å². The molecule has 0 spiro atoms. The molecule has 1 saturated heterocycles. The topological polar surface area (TPSA) is 73.8 Å². The van der Waals surface area contributed by atoms with Crippen molar-refractivity contribution in [2.45, 2.75) is 30.9 Å². The second-order valence-electron chi connectivity index (χ2n) is 4.52. The number of nitrogens with one attached hydrogen (secondary N) is 2. The van der Waals surface area contributed by atoms with E-state index in [4.69, 9.17) is 9.84 Å². The van der Waals surface area contributed by atoms with Crippen molar-refractivity contribution < 1.29 is 14.9 Å². The molecule has 5 heteroatoms. The van der Waals surface area contributed by atoms with Gasteiger partial charge in [0.1, 0.15) is 18.4 Å². The summed E-state index contributed by atoms with van der Waals surface area (Å²) < 4.78 is 5.69. The van der Waals surface area contributed by atoms with Crippen molar-refractivity contribution in [3.8, 4) is 0 Å². The predicted molar refractivity (Wildman–Crippen MR) is 63.8 cm³/mol. The lowest BCUT2D eigenvalue weighted by molar-refractivity contribution is -0.0499. The van der Waals surface area contributed by atoms with Gasteiger partial charge in [-0.2, -0.15) is 0 Å². The summed E-state index contributed by atoms with van der Waals surface area (Å²) in [6, 6.07) is 7.94. The van der Waals surface area contributed by atoms with Crippen LogP contribution in [-0.4, -0.2) is 41.3 Å². The first kappa shape index (κ1) is 10.8. The number of rotatable bonds is 2. The number of hydrogen-bond acceptors (Lipinski definition) is 5. The minimum Gasteiger partial charge on any atom is -0.394 e. The molecule has 1 aromatic carbocycles. The zero-order valence-electron chi connectivity index (χ0n) is 9.34. The van der Waals surface area contributed by atoms with Gasteiger partial charge in [0.2, 0.25) is 0 Å². The first-order chi connectivity index (χ1) is 8.28. The molecule has 1 aromatic rings. The number of para-hydroxylation sites is 2. The lowest BCUT2D eigenvalue weighted by Gasteiger charge is -2.26. The molecule has 0 radical (unpaired) electrons. The molecule has 2 aliphatic rings. The van der Waals surface area contributed by atoms with E-state index < -0.39 is 6.10 Å². The van der Waals surface area contributed by atoms with Crippen LogP contribution >= 0.6 is 0 Å². The van der Waals surface area contributed by atoms with E-state index in [9.17, 15) is 5.11 Å². The summed E-state index contributed by atoms with van der Waals surface area (Å²) in [5.41, 5.74) is 2.02. The molecular weight excluding hydrogens is 220 g/mol. The van der Waals surface area contributed by atoms with Gasteiger partial charge in [0.15, 0.2) is 0 Å². The van der Waals surface area contributed by atoms with Crippen molar-refractivity contribution in [2.24, 2.45) is 0 Å². The number of fused-ring (bicyclic) bond motifs is 3. The van der Waals surface area contributed by atoms with E-state index >= 15 is 0 Å². The summed E-state index contributed by atoms with van der Waals surface area (Å²) in [5.74, 6) is 0. The quantitative estimate of drug-likeness (QED) is 0.596. The predicted octanol–water partition coefficient (Wildman–Crippen LogP) is 0.361. The molecule has 0 amide bonds. The molecule has 4 N–H and O–H groups in total. The van der Waals surface area contributed by atoms with E-state index in [1.165, 1.54) is 0 Å². The van der Waals surface area contributed by atoms with E-state index in [0.717, 1.165) is 17.8 Å². The highest BCUT2D eigenvalue weighted by Crippen LogP contribution is 2.34. The van der Waals surface area contributed by atoms with Crippen LogP contribution < -0.4 is 10.6 Å². The molecule has 0 aromatic heterocycles. The summed E-state index contributed by atoms with van der Waals surface area (Å²) in [7, 11) is 0. The lowest BCUT2D eigenvalue weighted by Crippen LogP contribution is -2.41. The van der Waals surface area contributed by atoms with Crippen molar-refractivity contribution in [1.29, 1.82) is 0 Å². The highest BCUT2D eigenvalue weighted by atomic mass is 16.5. The maximum Gasteiger partial charge on any atom is 0.130 e. The van der Waals surface area contributed by atoms with Gasteiger partial charge in [0.25, 0.3) is 0 Å². The summed E-state index contributed by atoms with van der Waals surface area (Å²) in [5, 5.41) is 25.3. The molecule has 17 heavy (non-hydrogen) atoms. The number of benzene rings is 1. The Kier molecular flexibility index (Phi) is 2.66. The third-order valence-corrected chi connectivity index (χ3v) is 3.34. The highest BCUT2D eigenvalue weighted by molar-refractivity contribution is 5.70. The fourth-order valence-corrected chi connectivity index (χ4v) is 2.51. The largest absolute Gasteiger partial charge is 0.394 e. The maximum absolute atomic E-state index is 9.70. The average molecular weight is 236 g/mol. The zero-order valence-corrected chi connectivity index (χ0v) is 9.34. The molecular formula is C12H16N2O3. The smallest absolute Gasteiger partial charge is 0.130 e. The third kappa shape index (κ3) is 1.86. The molecule has 0 aliphatic carbocycles. The Morgan fingerprint density at radius 2 is 2.00 bits per heavy atom. The second kappa shape index (κ2) is 4.18. The molecule has 0 saturated carbocycles. The Balaban J connectivity index is 1.86. The van der Waals surface area contributed by atoms with Crippen LogP contribution in [0.25, 0.3) is 0 Å². The highest BCUT2D eigenvalue weighted by Gasteiger charge is 2.41. The maximum atomic E-state index is 9.70. The monoisotopic (exact) mass is 236 g/mol. The molecule has 0 unspecified atom stereocenters. The van der Waals surface area contributed by atoms with Crippen molar-refractivity contribution >= 4 is 11.4 Å². The standard InChI is InChI=1S/C12H16N2O3/c15-6-10(16)12-9-5-11(17-12)14-8-4-2-1-3-7(8)13-9/h1-4,9-16H,5-6H2/t9-,10-,11-,12-/m0/s1. The van der Waals surface area contributed by atoms with E-state index in [1.807, 2.05) is 24.3 Å². The molecule has 2 heterocycles. The van der Waals surface area contributed by atoms with E-state index in [2.05, 4.69) is 10.6 Å². The Bertz CT molecular complexity index is 412. The summed E-state index contributed by atoms with van der Waals surface area (Å²) in [6.45, 7) is -0.281. The Morgan fingerprint density at radius 1 is 1.29 bits per heavy atom. The SMILES string of the molecule is OC[C@H](O)[C@H]1O[C@H]2C[C@@H]1Nc1ccccc1N2. The van der Waals surface area contributed by atoms with Crippen LogP contribution in [0.15, 0.2) is 24.3 Å². The van der Waals surface area contributed by atoms with Gasteiger partial charge in [0, 0.05) is 6.42 Å². The molecule has 92 valence electrons. The summed E-state index contributed by atoms with van der Waals surface area (Å²) >= 11 is 0. The van der Waals surface area contributed by atoms with Gasteiger partial charge >= 0.3 is 0 Å².